The largest absolute Gasteiger partial charge is 0.339 e. The zero-order chi connectivity index (χ0) is 17.6. The molecule has 2 rings (SSSR count). The van der Waals surface area contributed by atoms with Gasteiger partial charge in [-0.1, -0.05) is 50.3 Å². The maximum absolute atomic E-state index is 12.8. The average Bonchev–Trinajstić information content (AvgIpc) is 2.91. The van der Waals surface area contributed by atoms with Gasteiger partial charge in [-0.15, -0.1) is 0 Å². The molecule has 1 aromatic rings. The number of sulfone groups is 1. The summed E-state index contributed by atoms with van der Waals surface area (Å²) in [6.07, 6.45) is 4.59. The minimum absolute atomic E-state index is 0.0615. The van der Waals surface area contributed by atoms with Crippen LogP contribution in [0.5, 0.6) is 0 Å². The van der Waals surface area contributed by atoms with Crippen molar-refractivity contribution in [2.75, 3.05) is 12.3 Å². The fourth-order valence-electron chi connectivity index (χ4n) is 3.24. The number of benzene rings is 1. The van der Waals surface area contributed by atoms with Gasteiger partial charge in [-0.05, 0) is 24.8 Å². The average molecular weight is 349 g/mol. The van der Waals surface area contributed by atoms with Crippen LogP contribution in [0.3, 0.4) is 0 Å². The molecule has 1 atom stereocenters. The summed E-state index contributed by atoms with van der Waals surface area (Å²) in [5, 5.41) is 1.25. The van der Waals surface area contributed by atoms with E-state index in [1.807, 2.05) is 23.1 Å². The highest BCUT2D eigenvalue weighted by molar-refractivity contribution is 7.94. The Morgan fingerprint density at radius 3 is 2.42 bits per heavy atom. The minimum atomic E-state index is -3.10. The molecule has 0 aromatic heterocycles. The third kappa shape index (κ3) is 5.20. The van der Waals surface area contributed by atoms with Gasteiger partial charge >= 0.3 is 0 Å². The van der Waals surface area contributed by atoms with Crippen molar-refractivity contribution in [2.45, 2.75) is 45.6 Å². The second kappa shape index (κ2) is 8.47. The van der Waals surface area contributed by atoms with Crippen molar-refractivity contribution in [1.29, 1.82) is 0 Å². The molecule has 1 aliphatic heterocycles. The third-order valence-corrected chi connectivity index (χ3v) is 6.09. The molecule has 5 heteroatoms. The van der Waals surface area contributed by atoms with Gasteiger partial charge in [0.1, 0.15) is 0 Å². The van der Waals surface area contributed by atoms with Gasteiger partial charge < -0.3 is 4.90 Å². The van der Waals surface area contributed by atoms with Crippen molar-refractivity contribution in [3.05, 3.63) is 47.4 Å². The Hall–Kier alpha value is -1.62. The van der Waals surface area contributed by atoms with E-state index in [0.717, 1.165) is 19.3 Å². The normalized spacial score (nSPS) is 18.9. The van der Waals surface area contributed by atoms with Crippen molar-refractivity contribution < 1.29 is 13.2 Å². The molecule has 24 heavy (non-hydrogen) atoms. The number of nitrogens with zero attached hydrogens (tertiary/aromatic N) is 1. The SMILES string of the molecule is CCC(CC)N(CCc1ccccc1)C(=O)C[C@@H]1C=CS(=O)(=O)C1. The highest BCUT2D eigenvalue weighted by atomic mass is 32.2. The topological polar surface area (TPSA) is 54.5 Å². The molecule has 0 spiro atoms. The first-order valence-corrected chi connectivity index (χ1v) is 10.4. The zero-order valence-electron chi connectivity index (χ0n) is 14.5. The lowest BCUT2D eigenvalue weighted by molar-refractivity contribution is -0.134. The molecule has 0 fully saturated rings. The Morgan fingerprint density at radius 2 is 1.88 bits per heavy atom. The Kier molecular flexibility index (Phi) is 6.60. The Balaban J connectivity index is 2.02. The lowest BCUT2D eigenvalue weighted by Gasteiger charge is -2.31. The number of carbonyl (C=O) groups excluding carboxylic acids is 1. The number of hydrogen-bond donors (Lipinski definition) is 0. The van der Waals surface area contributed by atoms with E-state index >= 15 is 0 Å². The van der Waals surface area contributed by atoms with Gasteiger partial charge in [0.25, 0.3) is 0 Å². The lowest BCUT2D eigenvalue weighted by Crippen LogP contribution is -2.41. The number of hydrogen-bond acceptors (Lipinski definition) is 3. The van der Waals surface area contributed by atoms with Crippen LogP contribution in [0.2, 0.25) is 0 Å². The van der Waals surface area contributed by atoms with Crippen molar-refractivity contribution in [3.63, 3.8) is 0 Å². The smallest absolute Gasteiger partial charge is 0.223 e. The van der Waals surface area contributed by atoms with Crippen LogP contribution in [0.1, 0.15) is 38.7 Å². The van der Waals surface area contributed by atoms with Crippen LogP contribution in [0, 0.1) is 5.92 Å². The molecule has 1 amide bonds. The first-order chi connectivity index (χ1) is 11.4. The molecule has 1 aromatic carbocycles. The number of rotatable bonds is 8. The van der Waals surface area contributed by atoms with E-state index in [1.165, 1.54) is 11.0 Å². The van der Waals surface area contributed by atoms with Gasteiger partial charge in [-0.2, -0.15) is 0 Å². The predicted molar refractivity (Wildman–Crippen MR) is 97.3 cm³/mol. The van der Waals surface area contributed by atoms with Crippen LogP contribution in [0.4, 0.5) is 0 Å². The van der Waals surface area contributed by atoms with Crippen LogP contribution in [0.15, 0.2) is 41.8 Å². The number of carbonyl (C=O) groups is 1. The molecule has 4 nitrogen and oxygen atoms in total. The van der Waals surface area contributed by atoms with E-state index < -0.39 is 9.84 Å². The lowest BCUT2D eigenvalue weighted by atomic mass is 10.0. The van der Waals surface area contributed by atoms with Crippen molar-refractivity contribution >= 4 is 15.7 Å². The summed E-state index contributed by atoms with van der Waals surface area (Å²) in [6, 6.07) is 10.4. The van der Waals surface area contributed by atoms with Crippen LogP contribution >= 0.6 is 0 Å². The molecule has 1 heterocycles. The van der Waals surface area contributed by atoms with Crippen molar-refractivity contribution in [2.24, 2.45) is 5.92 Å². The summed E-state index contributed by atoms with van der Waals surface area (Å²) in [7, 11) is -3.10. The van der Waals surface area contributed by atoms with E-state index in [0.29, 0.717) is 6.54 Å². The minimum Gasteiger partial charge on any atom is -0.339 e. The molecular formula is C19H27NO3S. The second-order valence-corrected chi connectivity index (χ2v) is 8.35. The molecule has 0 unspecified atom stereocenters. The first-order valence-electron chi connectivity index (χ1n) is 8.69. The van der Waals surface area contributed by atoms with Crippen LogP contribution in [-0.4, -0.2) is 37.6 Å². The summed E-state index contributed by atoms with van der Waals surface area (Å²) in [5.41, 5.74) is 1.21. The van der Waals surface area contributed by atoms with Gasteiger partial charge in [0.2, 0.25) is 5.91 Å². The third-order valence-electron chi connectivity index (χ3n) is 4.63. The molecule has 0 saturated heterocycles. The predicted octanol–water partition coefficient (Wildman–Crippen LogP) is 3.19. The summed E-state index contributed by atoms with van der Waals surface area (Å²) < 4.78 is 23.1. The van der Waals surface area contributed by atoms with E-state index in [9.17, 15) is 13.2 Å². The highest BCUT2D eigenvalue weighted by Crippen LogP contribution is 2.21. The van der Waals surface area contributed by atoms with Gasteiger partial charge in [0.15, 0.2) is 9.84 Å². The van der Waals surface area contributed by atoms with Crippen molar-refractivity contribution in [1.82, 2.24) is 4.90 Å². The van der Waals surface area contributed by atoms with E-state index in [-0.39, 0.29) is 30.0 Å². The maximum atomic E-state index is 12.8. The quantitative estimate of drug-likeness (QED) is 0.724. The fraction of sp³-hybridized carbons (Fsp3) is 0.526. The Bertz CT molecular complexity index is 663. The molecule has 0 aliphatic carbocycles. The van der Waals surface area contributed by atoms with Gasteiger partial charge in [0.05, 0.1) is 5.75 Å². The molecule has 1 aliphatic rings. The van der Waals surface area contributed by atoms with Gasteiger partial charge in [0, 0.05) is 30.3 Å². The maximum Gasteiger partial charge on any atom is 0.223 e. The highest BCUT2D eigenvalue weighted by Gasteiger charge is 2.28. The molecule has 0 radical (unpaired) electrons. The Morgan fingerprint density at radius 1 is 1.21 bits per heavy atom. The molecule has 132 valence electrons. The van der Waals surface area contributed by atoms with Crippen LogP contribution < -0.4 is 0 Å². The van der Waals surface area contributed by atoms with E-state index in [4.69, 9.17) is 0 Å². The molecule has 0 N–H and O–H groups in total. The van der Waals surface area contributed by atoms with Crippen LogP contribution in [0.25, 0.3) is 0 Å². The summed E-state index contributed by atoms with van der Waals surface area (Å²) in [4.78, 5) is 14.7. The summed E-state index contributed by atoms with van der Waals surface area (Å²) in [6.45, 7) is 4.87. The van der Waals surface area contributed by atoms with Gasteiger partial charge in [-0.25, -0.2) is 8.42 Å². The molecular weight excluding hydrogens is 322 g/mol. The molecule has 0 saturated carbocycles. The van der Waals surface area contributed by atoms with Crippen LogP contribution in [-0.2, 0) is 21.1 Å². The van der Waals surface area contributed by atoms with E-state index in [1.54, 1.807) is 6.08 Å². The summed E-state index contributed by atoms with van der Waals surface area (Å²) >= 11 is 0. The van der Waals surface area contributed by atoms with Gasteiger partial charge in [-0.3, -0.25) is 4.79 Å². The van der Waals surface area contributed by atoms with Crippen molar-refractivity contribution in [3.8, 4) is 0 Å². The molecule has 0 bridgehead atoms. The number of allylic oxidation sites excluding steroid dienone is 1. The number of amides is 1. The van der Waals surface area contributed by atoms with E-state index in [2.05, 4.69) is 26.0 Å². The monoisotopic (exact) mass is 349 g/mol. The second-order valence-electron chi connectivity index (χ2n) is 6.42. The summed E-state index contributed by atoms with van der Waals surface area (Å²) in [5.74, 6) is -0.0590. The Labute approximate surface area is 145 Å². The fourth-order valence-corrected chi connectivity index (χ4v) is 4.64. The zero-order valence-corrected chi connectivity index (χ0v) is 15.3. The first kappa shape index (κ1) is 18.7. The standard InChI is InChI=1S/C19H27NO3S/c1-3-18(4-2)20(12-10-16-8-6-5-7-9-16)19(21)14-17-11-13-24(22,23)15-17/h5-9,11,13,17-18H,3-4,10,12,14-15H2,1-2H3/t17-/m0/s1.